The van der Waals surface area contributed by atoms with Crippen LogP contribution >= 0.6 is 0 Å². The van der Waals surface area contributed by atoms with Crippen molar-refractivity contribution in [3.63, 3.8) is 0 Å². The van der Waals surface area contributed by atoms with Crippen molar-refractivity contribution in [1.82, 2.24) is 4.90 Å². The van der Waals surface area contributed by atoms with Gasteiger partial charge >= 0.3 is 5.63 Å². The summed E-state index contributed by atoms with van der Waals surface area (Å²) in [5.41, 5.74) is 2.88. The Bertz CT molecular complexity index is 1280. The second-order valence-corrected chi connectivity index (χ2v) is 9.40. The molecule has 5 rings (SSSR count). The first-order valence-corrected chi connectivity index (χ1v) is 12.8. The van der Waals surface area contributed by atoms with Crippen molar-refractivity contribution < 1.29 is 13.9 Å². The fourth-order valence-electron chi connectivity index (χ4n) is 5.43. The van der Waals surface area contributed by atoms with E-state index in [-0.39, 0.29) is 5.63 Å². The number of likely N-dealkylation sites (tertiary alicyclic amines) is 1. The molecule has 1 aliphatic rings. The first-order valence-electron chi connectivity index (χ1n) is 12.8. The van der Waals surface area contributed by atoms with Gasteiger partial charge in [0, 0.05) is 36.0 Å². The van der Waals surface area contributed by atoms with Crippen molar-refractivity contribution in [3.05, 3.63) is 106 Å². The van der Waals surface area contributed by atoms with Crippen molar-refractivity contribution in [1.29, 1.82) is 0 Å². The Kier molecular flexibility index (Phi) is 7.67. The third-order valence-corrected chi connectivity index (χ3v) is 7.12. The van der Waals surface area contributed by atoms with E-state index in [0.29, 0.717) is 35.6 Å². The molecule has 0 N–H and O–H groups in total. The third kappa shape index (κ3) is 5.47. The van der Waals surface area contributed by atoms with Crippen molar-refractivity contribution in [2.75, 3.05) is 26.8 Å². The Morgan fingerprint density at radius 2 is 1.64 bits per heavy atom. The zero-order chi connectivity index (χ0) is 24.7. The molecule has 5 heteroatoms. The fraction of sp³-hybridized carbons (Fsp3) is 0.323. The minimum atomic E-state index is -0.376. The summed E-state index contributed by atoms with van der Waals surface area (Å²) in [5.74, 6) is 1.59. The fourth-order valence-corrected chi connectivity index (χ4v) is 5.43. The van der Waals surface area contributed by atoms with Gasteiger partial charge in [0.25, 0.3) is 0 Å². The Labute approximate surface area is 212 Å². The third-order valence-electron chi connectivity index (χ3n) is 7.12. The molecule has 1 fully saturated rings. The van der Waals surface area contributed by atoms with Gasteiger partial charge in [-0.25, -0.2) is 4.79 Å². The number of piperidine rings is 1. The lowest BCUT2D eigenvalue weighted by Gasteiger charge is -2.41. The largest absolute Gasteiger partial charge is 0.493 e. The predicted octanol–water partition coefficient (Wildman–Crippen LogP) is 6.26. The summed E-state index contributed by atoms with van der Waals surface area (Å²) in [4.78, 5) is 14.2. The molecule has 186 valence electrons. The molecule has 2 heterocycles. The Morgan fingerprint density at radius 1 is 0.917 bits per heavy atom. The number of hydrogen-bond acceptors (Lipinski definition) is 5. The van der Waals surface area contributed by atoms with Gasteiger partial charge in [0.2, 0.25) is 0 Å². The van der Waals surface area contributed by atoms with E-state index in [4.69, 9.17) is 13.9 Å². The molecule has 0 spiro atoms. The number of ether oxygens (including phenoxy) is 2. The number of rotatable bonds is 9. The number of fused-ring (bicyclic) bond motifs is 1. The van der Waals surface area contributed by atoms with Gasteiger partial charge in [0.05, 0.1) is 13.7 Å². The summed E-state index contributed by atoms with van der Waals surface area (Å²) in [6.45, 7) is 2.67. The minimum Gasteiger partial charge on any atom is -0.493 e. The van der Waals surface area contributed by atoms with Crippen LogP contribution in [0.5, 0.6) is 11.5 Å². The maximum atomic E-state index is 11.5. The Balaban J connectivity index is 1.29. The second-order valence-electron chi connectivity index (χ2n) is 9.40. The number of benzene rings is 3. The molecule has 1 atom stereocenters. The Hall–Kier alpha value is -3.57. The van der Waals surface area contributed by atoms with Gasteiger partial charge in [-0.2, -0.15) is 0 Å². The predicted molar refractivity (Wildman–Crippen MR) is 143 cm³/mol. The van der Waals surface area contributed by atoms with Gasteiger partial charge in [-0.15, -0.1) is 0 Å². The average Bonchev–Trinajstić information content (AvgIpc) is 2.93. The lowest BCUT2D eigenvalue weighted by Crippen LogP contribution is -2.44. The second kappa shape index (κ2) is 11.4. The van der Waals surface area contributed by atoms with Crippen LogP contribution in [-0.4, -0.2) is 37.7 Å². The molecule has 1 unspecified atom stereocenters. The minimum absolute atomic E-state index is 0.351. The van der Waals surface area contributed by atoms with Crippen LogP contribution in [0.4, 0.5) is 0 Å². The van der Waals surface area contributed by atoms with Crippen LogP contribution in [0.25, 0.3) is 11.0 Å². The summed E-state index contributed by atoms with van der Waals surface area (Å²) in [7, 11) is 1.60. The van der Waals surface area contributed by atoms with E-state index in [1.165, 1.54) is 36.5 Å². The van der Waals surface area contributed by atoms with E-state index in [1.807, 2.05) is 6.07 Å². The van der Waals surface area contributed by atoms with Crippen LogP contribution in [0.15, 0.2) is 94.1 Å². The zero-order valence-corrected chi connectivity index (χ0v) is 20.8. The van der Waals surface area contributed by atoms with Gasteiger partial charge in [0.15, 0.2) is 11.5 Å². The van der Waals surface area contributed by atoms with Crippen LogP contribution in [-0.2, 0) is 0 Å². The van der Waals surface area contributed by atoms with Crippen LogP contribution < -0.4 is 15.1 Å². The molecule has 4 aromatic rings. The van der Waals surface area contributed by atoms with E-state index in [0.717, 1.165) is 24.9 Å². The highest BCUT2D eigenvalue weighted by molar-refractivity contribution is 5.80. The van der Waals surface area contributed by atoms with Crippen molar-refractivity contribution in [2.24, 2.45) is 0 Å². The number of nitrogens with zero attached hydrogens (tertiary/aromatic N) is 1. The lowest BCUT2D eigenvalue weighted by atomic mass is 9.80. The number of methoxy groups -OCH3 is 1. The van der Waals surface area contributed by atoms with Crippen LogP contribution in [0.2, 0.25) is 0 Å². The monoisotopic (exact) mass is 483 g/mol. The highest BCUT2D eigenvalue weighted by Crippen LogP contribution is 2.36. The molecule has 5 nitrogen and oxygen atoms in total. The quantitative estimate of drug-likeness (QED) is 0.208. The topological polar surface area (TPSA) is 51.9 Å². The SMILES string of the molecule is COc1cc2oc(=O)ccc2cc1OCCCN1CCCCC1C(c1ccccc1)c1ccccc1. The molecule has 0 bridgehead atoms. The first-order chi connectivity index (χ1) is 17.7. The van der Waals surface area contributed by atoms with E-state index in [9.17, 15) is 4.79 Å². The normalized spacial score (nSPS) is 16.3. The summed E-state index contributed by atoms with van der Waals surface area (Å²) < 4.78 is 16.9. The Morgan fingerprint density at radius 3 is 2.33 bits per heavy atom. The lowest BCUT2D eigenvalue weighted by molar-refractivity contribution is 0.125. The molecule has 1 aromatic heterocycles. The van der Waals surface area contributed by atoms with Gasteiger partial charge < -0.3 is 13.9 Å². The highest BCUT2D eigenvalue weighted by Gasteiger charge is 2.31. The molecule has 0 radical (unpaired) electrons. The van der Waals surface area contributed by atoms with Crippen molar-refractivity contribution in [2.45, 2.75) is 37.6 Å². The van der Waals surface area contributed by atoms with E-state index in [1.54, 1.807) is 19.2 Å². The van der Waals surface area contributed by atoms with E-state index < -0.39 is 0 Å². The summed E-state index contributed by atoms with van der Waals surface area (Å²) in [6, 6.07) is 29.1. The molecule has 1 aliphatic heterocycles. The number of hydrogen-bond donors (Lipinski definition) is 0. The van der Waals surface area contributed by atoms with E-state index in [2.05, 4.69) is 65.6 Å². The van der Waals surface area contributed by atoms with Crippen LogP contribution in [0, 0.1) is 0 Å². The average molecular weight is 484 g/mol. The molecular weight excluding hydrogens is 450 g/mol. The molecular formula is C31H33NO4. The van der Waals surface area contributed by atoms with E-state index >= 15 is 0 Å². The standard InChI is InChI=1S/C31H33NO4/c1-34-28-22-27-25(16-17-30(33)36-27)21-29(28)35-20-10-19-32-18-9-8-15-26(32)31(23-11-4-2-5-12-23)24-13-6-3-7-14-24/h2-7,11-14,16-17,21-22,26,31H,8-10,15,18-20H2,1H3. The summed E-state index contributed by atoms with van der Waals surface area (Å²) in [6.07, 6.45) is 4.60. The smallest absolute Gasteiger partial charge is 0.336 e. The molecule has 36 heavy (non-hydrogen) atoms. The molecule has 0 saturated carbocycles. The first kappa shape index (κ1) is 24.1. The summed E-state index contributed by atoms with van der Waals surface area (Å²) in [5, 5.41) is 0.815. The van der Waals surface area contributed by atoms with Gasteiger partial charge in [-0.1, -0.05) is 67.1 Å². The van der Waals surface area contributed by atoms with Crippen LogP contribution in [0.1, 0.15) is 42.7 Å². The maximum Gasteiger partial charge on any atom is 0.336 e. The van der Waals surface area contributed by atoms with Crippen molar-refractivity contribution in [3.8, 4) is 11.5 Å². The highest BCUT2D eigenvalue weighted by atomic mass is 16.5. The van der Waals surface area contributed by atoms with Crippen LogP contribution in [0.3, 0.4) is 0 Å². The molecule has 1 saturated heterocycles. The maximum absolute atomic E-state index is 11.5. The zero-order valence-electron chi connectivity index (χ0n) is 20.8. The van der Waals surface area contributed by atoms with Gasteiger partial charge in [-0.05, 0) is 49.1 Å². The molecule has 3 aromatic carbocycles. The van der Waals surface area contributed by atoms with Gasteiger partial charge in [0.1, 0.15) is 5.58 Å². The van der Waals surface area contributed by atoms with Gasteiger partial charge in [-0.3, -0.25) is 4.90 Å². The molecule has 0 aliphatic carbocycles. The molecule has 0 amide bonds. The van der Waals surface area contributed by atoms with Crippen molar-refractivity contribution >= 4 is 11.0 Å². The summed E-state index contributed by atoms with van der Waals surface area (Å²) >= 11 is 0.